The van der Waals surface area contributed by atoms with Crippen LogP contribution in [0.5, 0.6) is 11.5 Å². The first kappa shape index (κ1) is 15.1. The molecule has 0 bridgehead atoms. The number of aromatic nitrogens is 2. The molecule has 0 radical (unpaired) electrons. The summed E-state index contributed by atoms with van der Waals surface area (Å²) in [6, 6.07) is 5.73. The highest BCUT2D eigenvalue weighted by molar-refractivity contribution is 5.64. The predicted molar refractivity (Wildman–Crippen MR) is 79.2 cm³/mol. The number of nitrogens with one attached hydrogen (secondary N) is 2. The lowest BCUT2D eigenvalue weighted by atomic mass is 10.2. The molecule has 114 valence electrons. The fraction of sp³-hybridized carbons (Fsp3) is 0.429. The van der Waals surface area contributed by atoms with Gasteiger partial charge in [0.15, 0.2) is 0 Å². The molecule has 0 aliphatic carbocycles. The molecular formula is C14H20N4O3. The third-order valence-electron chi connectivity index (χ3n) is 2.97. The van der Waals surface area contributed by atoms with Crippen molar-refractivity contribution in [3.8, 4) is 11.5 Å². The number of benzene rings is 1. The lowest BCUT2D eigenvalue weighted by Gasteiger charge is -2.10. The van der Waals surface area contributed by atoms with Crippen LogP contribution in [0.25, 0.3) is 0 Å². The molecule has 2 rings (SSSR count). The second kappa shape index (κ2) is 6.94. The van der Waals surface area contributed by atoms with Crippen molar-refractivity contribution in [2.24, 2.45) is 0 Å². The number of methoxy groups -OCH3 is 2. The van der Waals surface area contributed by atoms with E-state index in [1.165, 1.54) is 0 Å². The van der Waals surface area contributed by atoms with Gasteiger partial charge in [-0.3, -0.25) is 0 Å². The normalized spacial score (nSPS) is 12.0. The van der Waals surface area contributed by atoms with Gasteiger partial charge in [-0.15, -0.1) is 5.10 Å². The molecule has 2 N–H and O–H groups in total. The van der Waals surface area contributed by atoms with Gasteiger partial charge in [-0.25, -0.2) is 0 Å². The van der Waals surface area contributed by atoms with Crippen LogP contribution in [0.15, 0.2) is 22.6 Å². The van der Waals surface area contributed by atoms with Gasteiger partial charge in [-0.05, 0) is 25.6 Å². The lowest BCUT2D eigenvalue weighted by molar-refractivity contribution is 0.404. The molecule has 7 nitrogen and oxygen atoms in total. The Labute approximate surface area is 123 Å². The van der Waals surface area contributed by atoms with Crippen LogP contribution in [-0.2, 0) is 0 Å². The summed E-state index contributed by atoms with van der Waals surface area (Å²) in [5.74, 6) is 1.90. The maximum Gasteiger partial charge on any atom is 0.320 e. The Hall–Kier alpha value is -2.28. The van der Waals surface area contributed by atoms with E-state index < -0.39 is 0 Å². The van der Waals surface area contributed by atoms with Gasteiger partial charge >= 0.3 is 6.01 Å². The van der Waals surface area contributed by atoms with Gasteiger partial charge < -0.3 is 24.5 Å². The SMILES string of the molecule is CCNC(C)c1nnc(Nc2cc(OC)ccc2OC)o1. The minimum Gasteiger partial charge on any atom is -0.497 e. The molecule has 0 spiro atoms. The first-order valence-corrected chi connectivity index (χ1v) is 6.73. The monoisotopic (exact) mass is 292 g/mol. The molecule has 1 aromatic carbocycles. The highest BCUT2D eigenvalue weighted by atomic mass is 16.5. The Morgan fingerprint density at radius 1 is 1.24 bits per heavy atom. The van der Waals surface area contributed by atoms with E-state index in [-0.39, 0.29) is 6.04 Å². The van der Waals surface area contributed by atoms with Gasteiger partial charge in [0.25, 0.3) is 0 Å². The van der Waals surface area contributed by atoms with Gasteiger partial charge in [0.05, 0.1) is 25.9 Å². The average Bonchev–Trinajstić information content (AvgIpc) is 2.96. The molecule has 2 aromatic rings. The Morgan fingerprint density at radius 3 is 2.71 bits per heavy atom. The Bertz CT molecular complexity index is 585. The molecule has 0 aliphatic rings. The minimum absolute atomic E-state index is 0.00487. The molecule has 1 atom stereocenters. The van der Waals surface area contributed by atoms with Gasteiger partial charge in [0.1, 0.15) is 11.5 Å². The fourth-order valence-electron chi connectivity index (χ4n) is 1.88. The predicted octanol–water partition coefficient (Wildman–Crippen LogP) is 2.50. The van der Waals surface area contributed by atoms with Crippen LogP contribution in [0.2, 0.25) is 0 Å². The van der Waals surface area contributed by atoms with Gasteiger partial charge in [-0.1, -0.05) is 12.0 Å². The number of rotatable bonds is 7. The Balaban J connectivity index is 2.18. The highest BCUT2D eigenvalue weighted by Gasteiger charge is 2.14. The summed E-state index contributed by atoms with van der Waals surface area (Å²) >= 11 is 0. The highest BCUT2D eigenvalue weighted by Crippen LogP contribution is 2.31. The summed E-state index contributed by atoms with van der Waals surface area (Å²) in [6.07, 6.45) is 0. The van der Waals surface area contributed by atoms with Crippen LogP contribution in [0.1, 0.15) is 25.8 Å². The smallest absolute Gasteiger partial charge is 0.320 e. The third-order valence-corrected chi connectivity index (χ3v) is 2.97. The van der Waals surface area contributed by atoms with E-state index in [4.69, 9.17) is 13.9 Å². The maximum absolute atomic E-state index is 5.58. The number of ether oxygens (including phenoxy) is 2. The van der Waals surface area contributed by atoms with Crippen molar-refractivity contribution in [2.45, 2.75) is 19.9 Å². The van der Waals surface area contributed by atoms with Crippen LogP contribution >= 0.6 is 0 Å². The first-order valence-electron chi connectivity index (χ1n) is 6.73. The van der Waals surface area contributed by atoms with E-state index in [1.807, 2.05) is 19.9 Å². The van der Waals surface area contributed by atoms with E-state index in [0.29, 0.717) is 29.1 Å². The molecule has 0 saturated heterocycles. The molecule has 1 aromatic heterocycles. The van der Waals surface area contributed by atoms with Crippen LogP contribution in [0, 0.1) is 0 Å². The van der Waals surface area contributed by atoms with Gasteiger partial charge in [-0.2, -0.15) is 0 Å². The van der Waals surface area contributed by atoms with Crippen molar-refractivity contribution in [3.63, 3.8) is 0 Å². The molecule has 21 heavy (non-hydrogen) atoms. The van der Waals surface area contributed by atoms with Crippen molar-refractivity contribution in [1.29, 1.82) is 0 Å². The summed E-state index contributed by atoms with van der Waals surface area (Å²) < 4.78 is 16.1. The standard InChI is InChI=1S/C14H20N4O3/c1-5-15-9(2)13-17-18-14(21-13)16-11-8-10(19-3)6-7-12(11)20-4/h6-9,15H,5H2,1-4H3,(H,16,18). The quantitative estimate of drug-likeness (QED) is 0.811. The second-order valence-electron chi connectivity index (χ2n) is 4.42. The largest absolute Gasteiger partial charge is 0.497 e. The van der Waals surface area contributed by atoms with E-state index >= 15 is 0 Å². The average molecular weight is 292 g/mol. The van der Waals surface area contributed by atoms with Crippen LogP contribution in [0.3, 0.4) is 0 Å². The van der Waals surface area contributed by atoms with Crippen molar-refractivity contribution in [2.75, 3.05) is 26.1 Å². The molecule has 1 unspecified atom stereocenters. The molecule has 0 fully saturated rings. The lowest BCUT2D eigenvalue weighted by Crippen LogP contribution is -2.17. The van der Waals surface area contributed by atoms with Crippen LogP contribution in [0.4, 0.5) is 11.7 Å². The van der Waals surface area contributed by atoms with Crippen molar-refractivity contribution < 1.29 is 13.9 Å². The zero-order valence-electron chi connectivity index (χ0n) is 12.6. The zero-order valence-corrected chi connectivity index (χ0v) is 12.6. The van der Waals surface area contributed by atoms with Gasteiger partial charge in [0, 0.05) is 6.07 Å². The number of anilines is 2. The van der Waals surface area contributed by atoms with Gasteiger partial charge in [0.2, 0.25) is 5.89 Å². The third kappa shape index (κ3) is 3.63. The summed E-state index contributed by atoms with van der Waals surface area (Å²) in [5.41, 5.74) is 0.697. The van der Waals surface area contributed by atoms with E-state index in [0.717, 1.165) is 6.54 Å². The Kier molecular flexibility index (Phi) is 4.99. The summed E-state index contributed by atoms with van der Waals surface area (Å²) in [6.45, 7) is 4.82. The summed E-state index contributed by atoms with van der Waals surface area (Å²) in [5, 5.41) is 14.3. The molecule has 1 heterocycles. The van der Waals surface area contributed by atoms with E-state index in [9.17, 15) is 0 Å². The molecule has 7 heteroatoms. The number of hydrogen-bond acceptors (Lipinski definition) is 7. The molecular weight excluding hydrogens is 272 g/mol. The number of hydrogen-bond donors (Lipinski definition) is 2. The Morgan fingerprint density at radius 2 is 2.05 bits per heavy atom. The van der Waals surface area contributed by atoms with Crippen molar-refractivity contribution in [1.82, 2.24) is 15.5 Å². The molecule has 0 amide bonds. The fourth-order valence-corrected chi connectivity index (χ4v) is 1.88. The second-order valence-corrected chi connectivity index (χ2v) is 4.42. The number of nitrogens with zero attached hydrogens (tertiary/aromatic N) is 2. The van der Waals surface area contributed by atoms with E-state index in [1.54, 1.807) is 26.4 Å². The topological polar surface area (TPSA) is 81.4 Å². The van der Waals surface area contributed by atoms with Crippen molar-refractivity contribution in [3.05, 3.63) is 24.1 Å². The maximum atomic E-state index is 5.58. The summed E-state index contributed by atoms with van der Waals surface area (Å²) in [4.78, 5) is 0. The van der Waals surface area contributed by atoms with E-state index in [2.05, 4.69) is 20.8 Å². The van der Waals surface area contributed by atoms with Crippen molar-refractivity contribution >= 4 is 11.7 Å². The van der Waals surface area contributed by atoms with Crippen LogP contribution in [-0.4, -0.2) is 31.0 Å². The molecule has 0 saturated carbocycles. The zero-order chi connectivity index (χ0) is 15.2. The minimum atomic E-state index is 0.00487. The summed E-state index contributed by atoms with van der Waals surface area (Å²) in [7, 11) is 3.20. The van der Waals surface area contributed by atoms with Crippen LogP contribution < -0.4 is 20.1 Å². The molecule has 0 aliphatic heterocycles. The first-order chi connectivity index (χ1) is 10.2.